The van der Waals surface area contributed by atoms with Gasteiger partial charge >= 0.3 is 0 Å². The van der Waals surface area contributed by atoms with Crippen LogP contribution in [0.2, 0.25) is 0 Å². The number of H-pyrrole nitrogens is 1. The summed E-state index contributed by atoms with van der Waals surface area (Å²) in [6, 6.07) is 9.98. The van der Waals surface area contributed by atoms with Gasteiger partial charge in [-0.2, -0.15) is 0 Å². The Bertz CT molecular complexity index is 514. The van der Waals surface area contributed by atoms with E-state index in [4.69, 9.17) is 12.2 Å². The predicted molar refractivity (Wildman–Crippen MR) is 67.7 cm³/mol. The summed E-state index contributed by atoms with van der Waals surface area (Å²) >= 11 is 5.24. The standard InChI is InChI=1S/C11H14N4S/c1-3-14(2)10-12-13-11(16)15(10)9-7-5-4-6-8-9/h4-8H,3H2,1-2H3,(H,13,16). The van der Waals surface area contributed by atoms with Gasteiger partial charge < -0.3 is 4.90 Å². The SMILES string of the molecule is CCN(C)c1n[nH]c(=S)n1-c1ccccc1. The van der Waals surface area contributed by atoms with Gasteiger partial charge in [0, 0.05) is 13.6 Å². The summed E-state index contributed by atoms with van der Waals surface area (Å²) in [5, 5.41) is 7.06. The fourth-order valence-corrected chi connectivity index (χ4v) is 1.73. The van der Waals surface area contributed by atoms with E-state index < -0.39 is 0 Å². The fourth-order valence-electron chi connectivity index (χ4n) is 1.50. The highest BCUT2D eigenvalue weighted by Crippen LogP contribution is 2.16. The molecule has 0 amide bonds. The smallest absolute Gasteiger partial charge is 0.230 e. The summed E-state index contributed by atoms with van der Waals surface area (Å²) in [5.41, 5.74) is 1.02. The van der Waals surface area contributed by atoms with Gasteiger partial charge in [0.25, 0.3) is 0 Å². The number of aromatic nitrogens is 3. The summed E-state index contributed by atoms with van der Waals surface area (Å²) in [6.07, 6.45) is 0. The molecule has 1 N–H and O–H groups in total. The first-order chi connectivity index (χ1) is 7.74. The van der Waals surface area contributed by atoms with E-state index >= 15 is 0 Å². The lowest BCUT2D eigenvalue weighted by Gasteiger charge is -2.16. The normalized spacial score (nSPS) is 10.4. The van der Waals surface area contributed by atoms with Gasteiger partial charge in [-0.15, -0.1) is 5.10 Å². The number of rotatable bonds is 3. The van der Waals surface area contributed by atoms with Crippen LogP contribution in [-0.4, -0.2) is 28.4 Å². The Morgan fingerprint density at radius 2 is 2.06 bits per heavy atom. The third-order valence-electron chi connectivity index (χ3n) is 2.48. The van der Waals surface area contributed by atoms with Crippen LogP contribution < -0.4 is 4.90 Å². The first-order valence-electron chi connectivity index (χ1n) is 5.18. The lowest BCUT2D eigenvalue weighted by molar-refractivity contribution is 0.872. The molecule has 0 unspecified atom stereocenters. The van der Waals surface area contributed by atoms with Crippen molar-refractivity contribution >= 4 is 18.2 Å². The number of anilines is 1. The van der Waals surface area contributed by atoms with Crippen LogP contribution in [0.4, 0.5) is 5.95 Å². The second kappa shape index (κ2) is 4.49. The summed E-state index contributed by atoms with van der Waals surface area (Å²) in [6.45, 7) is 2.96. The van der Waals surface area contributed by atoms with Crippen molar-refractivity contribution in [2.24, 2.45) is 0 Å². The minimum Gasteiger partial charge on any atom is -0.344 e. The van der Waals surface area contributed by atoms with Crippen molar-refractivity contribution in [1.82, 2.24) is 14.8 Å². The Morgan fingerprint density at radius 1 is 1.38 bits per heavy atom. The zero-order chi connectivity index (χ0) is 11.5. The van der Waals surface area contributed by atoms with E-state index in [0.717, 1.165) is 18.2 Å². The van der Waals surface area contributed by atoms with E-state index in [1.165, 1.54) is 0 Å². The largest absolute Gasteiger partial charge is 0.344 e. The van der Waals surface area contributed by atoms with Gasteiger partial charge in [0.2, 0.25) is 10.7 Å². The summed E-state index contributed by atoms with van der Waals surface area (Å²) < 4.78 is 2.54. The molecule has 0 spiro atoms. The molecular weight excluding hydrogens is 220 g/mol. The lowest BCUT2D eigenvalue weighted by atomic mass is 10.3. The van der Waals surface area contributed by atoms with Crippen LogP contribution in [0.25, 0.3) is 5.69 Å². The van der Waals surface area contributed by atoms with E-state index in [1.54, 1.807) is 0 Å². The van der Waals surface area contributed by atoms with E-state index in [1.807, 2.05) is 46.8 Å². The third-order valence-corrected chi connectivity index (χ3v) is 2.76. The van der Waals surface area contributed by atoms with Gasteiger partial charge in [-0.25, -0.2) is 5.10 Å². The molecule has 0 aliphatic rings. The maximum absolute atomic E-state index is 5.24. The van der Waals surface area contributed by atoms with Crippen molar-refractivity contribution in [3.63, 3.8) is 0 Å². The van der Waals surface area contributed by atoms with E-state index in [9.17, 15) is 0 Å². The van der Waals surface area contributed by atoms with Crippen LogP contribution in [0.5, 0.6) is 0 Å². The topological polar surface area (TPSA) is 36.9 Å². The molecule has 2 aromatic rings. The maximum Gasteiger partial charge on any atom is 0.230 e. The fraction of sp³-hybridized carbons (Fsp3) is 0.273. The number of hydrogen-bond acceptors (Lipinski definition) is 3. The average Bonchev–Trinajstić information content (AvgIpc) is 2.71. The molecule has 0 atom stereocenters. The number of para-hydroxylation sites is 1. The van der Waals surface area contributed by atoms with Crippen molar-refractivity contribution in [2.45, 2.75) is 6.92 Å². The highest BCUT2D eigenvalue weighted by atomic mass is 32.1. The molecule has 0 saturated carbocycles. The monoisotopic (exact) mass is 234 g/mol. The molecule has 1 aromatic carbocycles. The van der Waals surface area contributed by atoms with Crippen molar-refractivity contribution in [2.75, 3.05) is 18.5 Å². The van der Waals surface area contributed by atoms with Gasteiger partial charge in [-0.05, 0) is 31.3 Å². The second-order valence-electron chi connectivity index (χ2n) is 3.51. The van der Waals surface area contributed by atoms with Crippen LogP contribution >= 0.6 is 12.2 Å². The maximum atomic E-state index is 5.24. The Balaban J connectivity index is 2.56. The second-order valence-corrected chi connectivity index (χ2v) is 3.90. The van der Waals surface area contributed by atoms with Gasteiger partial charge in [0.15, 0.2) is 0 Å². The first kappa shape index (κ1) is 10.9. The highest BCUT2D eigenvalue weighted by Gasteiger charge is 2.10. The van der Waals surface area contributed by atoms with Crippen molar-refractivity contribution in [3.8, 4) is 5.69 Å². The van der Waals surface area contributed by atoms with Crippen LogP contribution in [0.3, 0.4) is 0 Å². The van der Waals surface area contributed by atoms with Crippen molar-refractivity contribution < 1.29 is 0 Å². The zero-order valence-corrected chi connectivity index (χ0v) is 10.2. The average molecular weight is 234 g/mol. The summed E-state index contributed by atoms with van der Waals surface area (Å²) in [7, 11) is 1.99. The minimum atomic E-state index is 0.613. The molecule has 84 valence electrons. The Morgan fingerprint density at radius 3 is 2.69 bits per heavy atom. The molecule has 5 heteroatoms. The number of benzene rings is 1. The highest BCUT2D eigenvalue weighted by molar-refractivity contribution is 7.71. The molecule has 16 heavy (non-hydrogen) atoms. The van der Waals surface area contributed by atoms with E-state index in [0.29, 0.717) is 4.77 Å². The number of hydrogen-bond donors (Lipinski definition) is 1. The van der Waals surface area contributed by atoms with Gasteiger partial charge in [0.1, 0.15) is 0 Å². The molecule has 0 saturated heterocycles. The quantitative estimate of drug-likeness (QED) is 0.828. The number of nitrogens with zero attached hydrogens (tertiary/aromatic N) is 3. The molecule has 1 aromatic heterocycles. The van der Waals surface area contributed by atoms with Crippen LogP contribution in [0.15, 0.2) is 30.3 Å². The molecule has 1 heterocycles. The molecular formula is C11H14N4S. The van der Waals surface area contributed by atoms with Crippen molar-refractivity contribution in [1.29, 1.82) is 0 Å². The Kier molecular flexibility index (Phi) is 3.05. The first-order valence-corrected chi connectivity index (χ1v) is 5.59. The molecule has 0 radical (unpaired) electrons. The van der Waals surface area contributed by atoms with E-state index in [2.05, 4.69) is 17.1 Å². The Labute approximate surface area is 99.5 Å². The molecule has 4 nitrogen and oxygen atoms in total. The van der Waals surface area contributed by atoms with Crippen LogP contribution in [0, 0.1) is 4.77 Å². The number of nitrogens with one attached hydrogen (secondary N) is 1. The molecule has 0 aliphatic carbocycles. The molecule has 0 fully saturated rings. The third kappa shape index (κ3) is 1.86. The van der Waals surface area contributed by atoms with Gasteiger partial charge in [-0.3, -0.25) is 4.57 Å². The summed E-state index contributed by atoms with van der Waals surface area (Å²) in [5.74, 6) is 0.832. The summed E-state index contributed by atoms with van der Waals surface area (Å²) in [4.78, 5) is 2.04. The Hall–Kier alpha value is -1.62. The van der Waals surface area contributed by atoms with Crippen LogP contribution in [-0.2, 0) is 0 Å². The van der Waals surface area contributed by atoms with Crippen LogP contribution in [0.1, 0.15) is 6.92 Å². The molecule has 0 aliphatic heterocycles. The molecule has 0 bridgehead atoms. The molecule has 2 rings (SSSR count). The lowest BCUT2D eigenvalue weighted by Crippen LogP contribution is -2.20. The van der Waals surface area contributed by atoms with Gasteiger partial charge in [-0.1, -0.05) is 18.2 Å². The van der Waals surface area contributed by atoms with Crippen molar-refractivity contribution in [3.05, 3.63) is 35.1 Å². The predicted octanol–water partition coefficient (Wildman–Crippen LogP) is 2.39. The zero-order valence-electron chi connectivity index (χ0n) is 9.34. The minimum absolute atomic E-state index is 0.613. The van der Waals surface area contributed by atoms with E-state index in [-0.39, 0.29) is 0 Å². The van der Waals surface area contributed by atoms with Gasteiger partial charge in [0.05, 0.1) is 5.69 Å². The number of aromatic amines is 1.